The second-order valence-corrected chi connectivity index (χ2v) is 12.8. The molecular formula is C35H48N2O4. The zero-order valence-corrected chi connectivity index (χ0v) is 25.3. The van der Waals surface area contributed by atoms with E-state index in [-0.39, 0.29) is 23.3 Å². The molecule has 3 fully saturated rings. The van der Waals surface area contributed by atoms with Crippen LogP contribution in [0.1, 0.15) is 82.3 Å². The average Bonchev–Trinajstić information content (AvgIpc) is 3.80. The summed E-state index contributed by atoms with van der Waals surface area (Å²) in [6.07, 6.45) is 10.6. The lowest BCUT2D eigenvalue weighted by molar-refractivity contribution is -0.190. The molecule has 0 unspecified atom stereocenters. The molecule has 0 radical (unpaired) electrons. The van der Waals surface area contributed by atoms with Crippen molar-refractivity contribution in [2.75, 3.05) is 33.8 Å². The number of ether oxygens (including phenoxy) is 2. The predicted molar refractivity (Wildman–Crippen MR) is 162 cm³/mol. The van der Waals surface area contributed by atoms with Gasteiger partial charge in [-0.2, -0.15) is 0 Å². The van der Waals surface area contributed by atoms with E-state index in [1.807, 2.05) is 24.1 Å². The Morgan fingerprint density at radius 1 is 1.00 bits per heavy atom. The van der Waals surface area contributed by atoms with Crippen LogP contribution in [-0.2, 0) is 26.2 Å². The molecule has 222 valence electrons. The van der Waals surface area contributed by atoms with Crippen LogP contribution in [-0.4, -0.2) is 67.1 Å². The molecule has 2 aromatic rings. The molecule has 1 amide bonds. The van der Waals surface area contributed by atoms with Crippen molar-refractivity contribution in [3.63, 3.8) is 0 Å². The van der Waals surface area contributed by atoms with Gasteiger partial charge in [0.05, 0.1) is 7.11 Å². The van der Waals surface area contributed by atoms with Gasteiger partial charge in [-0.3, -0.25) is 14.5 Å². The molecule has 1 saturated heterocycles. The third-order valence-electron chi connectivity index (χ3n) is 9.99. The predicted octanol–water partition coefficient (Wildman–Crippen LogP) is 6.16. The van der Waals surface area contributed by atoms with E-state index in [9.17, 15) is 9.59 Å². The number of nitrogens with zero attached hydrogens (tertiary/aromatic N) is 2. The van der Waals surface area contributed by atoms with Crippen molar-refractivity contribution in [3.8, 4) is 5.75 Å². The second kappa shape index (κ2) is 13.0. The van der Waals surface area contributed by atoms with E-state index < -0.39 is 5.60 Å². The van der Waals surface area contributed by atoms with Crippen LogP contribution in [0.25, 0.3) is 0 Å². The number of unbranched alkanes of at least 4 members (excludes halogenated alkanes) is 2. The van der Waals surface area contributed by atoms with E-state index in [0.717, 1.165) is 88.2 Å². The molecule has 2 saturated carbocycles. The van der Waals surface area contributed by atoms with Crippen LogP contribution in [0.4, 0.5) is 0 Å². The minimum Gasteiger partial charge on any atom is -0.497 e. The smallest absolute Gasteiger partial charge is 0.303 e. The summed E-state index contributed by atoms with van der Waals surface area (Å²) in [6, 6.07) is 19.0. The fraction of sp³-hybridized carbons (Fsp3) is 0.600. The number of hydrogen-bond donors (Lipinski definition) is 0. The van der Waals surface area contributed by atoms with Crippen molar-refractivity contribution in [2.45, 2.75) is 94.6 Å². The minimum absolute atomic E-state index is 0.108. The number of benzene rings is 2. The molecule has 0 bridgehead atoms. The monoisotopic (exact) mass is 560 g/mol. The van der Waals surface area contributed by atoms with Crippen LogP contribution in [0.3, 0.4) is 0 Å². The molecule has 0 spiro atoms. The summed E-state index contributed by atoms with van der Waals surface area (Å²) >= 11 is 0. The number of likely N-dealkylation sites (tertiary alicyclic amines) is 1. The molecule has 3 atom stereocenters. The molecular weight excluding hydrogens is 512 g/mol. The number of rotatable bonds is 12. The van der Waals surface area contributed by atoms with Gasteiger partial charge < -0.3 is 14.4 Å². The number of methoxy groups -OCH3 is 1. The summed E-state index contributed by atoms with van der Waals surface area (Å²) in [4.78, 5) is 30.6. The summed E-state index contributed by atoms with van der Waals surface area (Å²) < 4.78 is 12.1. The molecule has 41 heavy (non-hydrogen) atoms. The molecule has 3 aliphatic rings. The fourth-order valence-corrected chi connectivity index (χ4v) is 7.54. The number of fused-ring (bicyclic) bond motifs is 1. The highest BCUT2D eigenvalue weighted by Crippen LogP contribution is 2.55. The number of piperidine rings is 1. The summed E-state index contributed by atoms with van der Waals surface area (Å²) in [6.45, 7) is 4.36. The average molecular weight is 561 g/mol. The Bertz CT molecular complexity index is 1180. The first-order valence-electron chi connectivity index (χ1n) is 15.7. The van der Waals surface area contributed by atoms with Crippen molar-refractivity contribution in [1.82, 2.24) is 9.80 Å². The standard InChI is InChI=1S/C35H48N2O4/c1-27(38)41-35-20-19-31(36(2)33(39)16-9-5-8-13-28-11-6-4-7-12-28)24-34(35,30-14-10-15-32(23-30)40-3)21-22-37(26-35)25-29-17-18-29/h4,6-7,10-12,14-15,23,29,31H,5,8-9,13,16-22,24-26H2,1-3H3/t31-,34+,35+/m1/s1. The third kappa shape index (κ3) is 6.80. The molecule has 1 aliphatic heterocycles. The van der Waals surface area contributed by atoms with Crippen LogP contribution in [0, 0.1) is 5.92 Å². The molecule has 5 rings (SSSR count). The lowest BCUT2D eigenvalue weighted by Crippen LogP contribution is -2.68. The van der Waals surface area contributed by atoms with E-state index in [4.69, 9.17) is 9.47 Å². The second-order valence-electron chi connectivity index (χ2n) is 12.8. The first-order valence-corrected chi connectivity index (χ1v) is 15.7. The zero-order chi connectivity index (χ0) is 28.9. The summed E-state index contributed by atoms with van der Waals surface area (Å²) in [5, 5.41) is 0. The Labute approximate surface area is 246 Å². The van der Waals surface area contributed by atoms with Gasteiger partial charge >= 0.3 is 5.97 Å². The van der Waals surface area contributed by atoms with Crippen LogP contribution >= 0.6 is 0 Å². The van der Waals surface area contributed by atoms with Crippen LogP contribution < -0.4 is 4.74 Å². The molecule has 6 heteroatoms. The summed E-state index contributed by atoms with van der Waals surface area (Å²) in [5.74, 6) is 1.60. The molecule has 0 N–H and O–H groups in total. The van der Waals surface area contributed by atoms with Gasteiger partial charge in [-0.15, -0.1) is 0 Å². The van der Waals surface area contributed by atoms with Gasteiger partial charge in [0.2, 0.25) is 5.91 Å². The van der Waals surface area contributed by atoms with Crippen LogP contribution in [0.5, 0.6) is 5.75 Å². The minimum atomic E-state index is -0.615. The summed E-state index contributed by atoms with van der Waals surface area (Å²) in [7, 11) is 3.68. The maximum atomic E-state index is 13.4. The lowest BCUT2D eigenvalue weighted by Gasteiger charge is -2.60. The maximum Gasteiger partial charge on any atom is 0.303 e. The molecule has 2 aromatic carbocycles. The van der Waals surface area contributed by atoms with Gasteiger partial charge in [0, 0.05) is 44.9 Å². The topological polar surface area (TPSA) is 59.1 Å². The maximum absolute atomic E-state index is 13.4. The van der Waals surface area contributed by atoms with E-state index >= 15 is 0 Å². The van der Waals surface area contributed by atoms with E-state index in [1.165, 1.54) is 18.4 Å². The Balaban J connectivity index is 1.31. The molecule has 2 aliphatic carbocycles. The Hall–Kier alpha value is -2.86. The number of amides is 1. The SMILES string of the molecule is COc1cccc([C@@]23CCN(CC4CC4)C[C@@]2(OC(C)=O)CC[C@@H](N(C)C(=O)CCCCCc2ccccc2)C3)c1. The van der Waals surface area contributed by atoms with Gasteiger partial charge in [-0.05, 0) is 93.5 Å². The van der Waals surface area contributed by atoms with Gasteiger partial charge in [-0.1, -0.05) is 48.9 Å². The summed E-state index contributed by atoms with van der Waals surface area (Å²) in [5.41, 5.74) is 1.53. The van der Waals surface area contributed by atoms with E-state index in [2.05, 4.69) is 47.4 Å². The normalized spacial score (nSPS) is 26.2. The zero-order valence-electron chi connectivity index (χ0n) is 25.3. The van der Waals surface area contributed by atoms with Crippen LogP contribution in [0.15, 0.2) is 54.6 Å². The first-order chi connectivity index (χ1) is 19.8. The fourth-order valence-electron chi connectivity index (χ4n) is 7.54. The number of aryl methyl sites for hydroxylation is 1. The number of carbonyl (C=O) groups excluding carboxylic acids is 2. The Morgan fingerprint density at radius 2 is 1.80 bits per heavy atom. The highest BCUT2D eigenvalue weighted by molar-refractivity contribution is 5.76. The van der Waals surface area contributed by atoms with Gasteiger partial charge in [0.25, 0.3) is 0 Å². The number of hydrogen-bond acceptors (Lipinski definition) is 5. The number of carbonyl (C=O) groups is 2. The highest BCUT2D eigenvalue weighted by atomic mass is 16.6. The number of esters is 1. The van der Waals surface area contributed by atoms with Gasteiger partial charge in [0.15, 0.2) is 0 Å². The van der Waals surface area contributed by atoms with E-state index in [0.29, 0.717) is 6.42 Å². The quantitative estimate of drug-likeness (QED) is 0.230. The highest BCUT2D eigenvalue weighted by Gasteiger charge is 2.61. The van der Waals surface area contributed by atoms with Gasteiger partial charge in [-0.25, -0.2) is 0 Å². The van der Waals surface area contributed by atoms with Crippen molar-refractivity contribution in [3.05, 3.63) is 65.7 Å². The molecule has 1 heterocycles. The molecule has 0 aromatic heterocycles. The largest absolute Gasteiger partial charge is 0.497 e. The van der Waals surface area contributed by atoms with Crippen molar-refractivity contribution < 1.29 is 19.1 Å². The van der Waals surface area contributed by atoms with E-state index in [1.54, 1.807) is 14.0 Å². The molecule has 6 nitrogen and oxygen atoms in total. The van der Waals surface area contributed by atoms with Crippen LogP contribution in [0.2, 0.25) is 0 Å². The van der Waals surface area contributed by atoms with Crippen molar-refractivity contribution >= 4 is 11.9 Å². The van der Waals surface area contributed by atoms with Gasteiger partial charge in [0.1, 0.15) is 11.4 Å². The van der Waals surface area contributed by atoms with Crippen molar-refractivity contribution in [2.24, 2.45) is 5.92 Å². The Kier molecular flexibility index (Phi) is 9.38. The lowest BCUT2D eigenvalue weighted by atomic mass is 9.55. The van der Waals surface area contributed by atoms with Crippen molar-refractivity contribution in [1.29, 1.82) is 0 Å². The Morgan fingerprint density at radius 3 is 2.54 bits per heavy atom. The first kappa shape index (κ1) is 29.6. The third-order valence-corrected chi connectivity index (χ3v) is 9.99.